The van der Waals surface area contributed by atoms with Crippen molar-refractivity contribution in [1.29, 1.82) is 0 Å². The number of rotatable bonds is 9. The highest BCUT2D eigenvalue weighted by atomic mass is 16.4. The number of anilines is 2. The van der Waals surface area contributed by atoms with Gasteiger partial charge in [0.15, 0.2) is 0 Å². The lowest BCUT2D eigenvalue weighted by Crippen LogP contribution is -2.14. The Morgan fingerprint density at radius 2 is 1.38 bits per heavy atom. The molecule has 6 heteroatoms. The number of carboxylic acids is 1. The predicted octanol–water partition coefficient (Wildman–Crippen LogP) is 3.45. The maximum absolute atomic E-state index is 12.1. The standard InChI is InChI=1S/C20H22N2O4/c23-18(10-5-11-20(25)26)21-16-8-4-9-17(14-16)22-19(24)13-12-15-6-2-1-3-7-15/h1-4,6-9,14H,5,10-13H2,(H,21,23)(H,22,24)(H,25,26). The van der Waals surface area contributed by atoms with Crippen molar-refractivity contribution >= 4 is 29.2 Å². The number of hydrogen-bond donors (Lipinski definition) is 3. The van der Waals surface area contributed by atoms with E-state index >= 15 is 0 Å². The van der Waals surface area contributed by atoms with E-state index in [9.17, 15) is 14.4 Å². The fourth-order valence-electron chi connectivity index (χ4n) is 2.42. The summed E-state index contributed by atoms with van der Waals surface area (Å²) in [5.41, 5.74) is 2.27. The van der Waals surface area contributed by atoms with E-state index in [-0.39, 0.29) is 31.1 Å². The van der Waals surface area contributed by atoms with Crippen LogP contribution in [0.5, 0.6) is 0 Å². The normalized spacial score (nSPS) is 10.2. The molecular formula is C20H22N2O4. The van der Waals surface area contributed by atoms with Gasteiger partial charge in [-0.3, -0.25) is 14.4 Å². The minimum Gasteiger partial charge on any atom is -0.481 e. The van der Waals surface area contributed by atoms with Gasteiger partial charge in [0.25, 0.3) is 0 Å². The Labute approximate surface area is 152 Å². The number of amides is 2. The number of carbonyl (C=O) groups excluding carboxylic acids is 2. The van der Waals surface area contributed by atoms with Gasteiger partial charge in [0.1, 0.15) is 0 Å². The Hall–Kier alpha value is -3.15. The highest BCUT2D eigenvalue weighted by Gasteiger charge is 2.07. The van der Waals surface area contributed by atoms with Crippen molar-refractivity contribution in [2.75, 3.05) is 10.6 Å². The van der Waals surface area contributed by atoms with Crippen molar-refractivity contribution in [2.45, 2.75) is 32.1 Å². The Morgan fingerprint density at radius 1 is 0.769 bits per heavy atom. The molecule has 2 aromatic carbocycles. The van der Waals surface area contributed by atoms with Gasteiger partial charge in [0, 0.05) is 30.6 Å². The largest absolute Gasteiger partial charge is 0.481 e. The lowest BCUT2D eigenvalue weighted by molar-refractivity contribution is -0.137. The molecule has 2 amide bonds. The van der Waals surface area contributed by atoms with Crippen LogP contribution in [0.2, 0.25) is 0 Å². The molecule has 0 atom stereocenters. The number of aryl methyl sites for hydroxylation is 1. The van der Waals surface area contributed by atoms with Crippen LogP contribution in [0.15, 0.2) is 54.6 Å². The Balaban J connectivity index is 1.81. The number of carboxylic acid groups (broad SMARTS) is 1. The van der Waals surface area contributed by atoms with Gasteiger partial charge in [0.05, 0.1) is 0 Å². The molecule has 0 radical (unpaired) electrons. The van der Waals surface area contributed by atoms with Crippen molar-refractivity contribution in [1.82, 2.24) is 0 Å². The van der Waals surface area contributed by atoms with Crippen LogP contribution < -0.4 is 10.6 Å². The van der Waals surface area contributed by atoms with Gasteiger partial charge in [0.2, 0.25) is 11.8 Å². The lowest BCUT2D eigenvalue weighted by Gasteiger charge is -2.09. The molecular weight excluding hydrogens is 332 g/mol. The van der Waals surface area contributed by atoms with Crippen molar-refractivity contribution in [3.8, 4) is 0 Å². The van der Waals surface area contributed by atoms with Gasteiger partial charge in [-0.2, -0.15) is 0 Å². The first-order chi connectivity index (χ1) is 12.5. The van der Waals surface area contributed by atoms with E-state index in [1.54, 1.807) is 24.3 Å². The van der Waals surface area contributed by atoms with Gasteiger partial charge >= 0.3 is 5.97 Å². The summed E-state index contributed by atoms with van der Waals surface area (Å²) < 4.78 is 0. The number of nitrogens with one attached hydrogen (secondary N) is 2. The topological polar surface area (TPSA) is 95.5 Å². The molecule has 26 heavy (non-hydrogen) atoms. The quantitative estimate of drug-likeness (QED) is 0.643. The molecule has 0 saturated heterocycles. The summed E-state index contributed by atoms with van der Waals surface area (Å²) >= 11 is 0. The molecule has 0 fully saturated rings. The van der Waals surface area contributed by atoms with Crippen LogP contribution in [0.3, 0.4) is 0 Å². The third-order valence-electron chi connectivity index (χ3n) is 3.71. The molecule has 2 aromatic rings. The molecule has 0 spiro atoms. The summed E-state index contributed by atoms with van der Waals surface area (Å²) in [6.07, 6.45) is 1.42. The molecule has 136 valence electrons. The molecule has 0 aliphatic heterocycles. The zero-order chi connectivity index (χ0) is 18.8. The fourth-order valence-corrected chi connectivity index (χ4v) is 2.42. The van der Waals surface area contributed by atoms with E-state index in [0.29, 0.717) is 24.2 Å². The Morgan fingerprint density at radius 3 is 2.00 bits per heavy atom. The molecule has 0 bridgehead atoms. The summed E-state index contributed by atoms with van der Waals surface area (Å²) in [6.45, 7) is 0. The minimum atomic E-state index is -0.919. The lowest BCUT2D eigenvalue weighted by atomic mass is 10.1. The van der Waals surface area contributed by atoms with Gasteiger partial charge in [-0.15, -0.1) is 0 Å². The van der Waals surface area contributed by atoms with Crippen molar-refractivity contribution in [3.05, 3.63) is 60.2 Å². The smallest absolute Gasteiger partial charge is 0.303 e. The number of hydrogen-bond acceptors (Lipinski definition) is 3. The van der Waals surface area contributed by atoms with Gasteiger partial charge in [-0.25, -0.2) is 0 Å². The van der Waals surface area contributed by atoms with E-state index in [4.69, 9.17) is 5.11 Å². The monoisotopic (exact) mass is 354 g/mol. The number of carbonyl (C=O) groups is 3. The summed E-state index contributed by atoms with van der Waals surface area (Å²) in [5, 5.41) is 14.1. The molecule has 6 nitrogen and oxygen atoms in total. The zero-order valence-electron chi connectivity index (χ0n) is 14.4. The summed E-state index contributed by atoms with van der Waals surface area (Å²) in [4.78, 5) is 34.3. The Kier molecular flexibility index (Phi) is 7.36. The van der Waals surface area contributed by atoms with Gasteiger partial charge in [-0.1, -0.05) is 36.4 Å². The number of benzene rings is 2. The minimum absolute atomic E-state index is 0.0368. The SMILES string of the molecule is O=C(O)CCCC(=O)Nc1cccc(NC(=O)CCc2ccccc2)c1. The van der Waals surface area contributed by atoms with E-state index < -0.39 is 5.97 Å². The predicted molar refractivity (Wildman–Crippen MR) is 100.0 cm³/mol. The van der Waals surface area contributed by atoms with Crippen molar-refractivity contribution in [3.63, 3.8) is 0 Å². The first kappa shape index (κ1) is 19.2. The second-order valence-electron chi connectivity index (χ2n) is 5.91. The first-order valence-electron chi connectivity index (χ1n) is 8.48. The third kappa shape index (κ3) is 7.17. The van der Waals surface area contributed by atoms with Crippen LogP contribution in [0.1, 0.15) is 31.2 Å². The van der Waals surface area contributed by atoms with Crippen LogP contribution >= 0.6 is 0 Å². The van der Waals surface area contributed by atoms with Crippen molar-refractivity contribution in [2.24, 2.45) is 0 Å². The van der Waals surface area contributed by atoms with E-state index in [1.807, 2.05) is 30.3 Å². The van der Waals surface area contributed by atoms with Crippen LogP contribution in [-0.2, 0) is 20.8 Å². The van der Waals surface area contributed by atoms with E-state index in [1.165, 1.54) is 0 Å². The van der Waals surface area contributed by atoms with Gasteiger partial charge < -0.3 is 15.7 Å². The second-order valence-corrected chi connectivity index (χ2v) is 5.91. The highest BCUT2D eigenvalue weighted by molar-refractivity contribution is 5.94. The van der Waals surface area contributed by atoms with Crippen molar-refractivity contribution < 1.29 is 19.5 Å². The average molecular weight is 354 g/mol. The Bertz CT molecular complexity index is 759. The molecule has 3 N–H and O–H groups in total. The summed E-state index contributed by atoms with van der Waals surface area (Å²) in [5.74, 6) is -1.27. The van der Waals surface area contributed by atoms with Gasteiger partial charge in [-0.05, 0) is 36.6 Å². The molecule has 0 aromatic heterocycles. The molecule has 0 aliphatic carbocycles. The fraction of sp³-hybridized carbons (Fsp3) is 0.250. The van der Waals surface area contributed by atoms with E-state index in [2.05, 4.69) is 10.6 Å². The maximum atomic E-state index is 12.1. The van der Waals surface area contributed by atoms with Crippen LogP contribution in [-0.4, -0.2) is 22.9 Å². The zero-order valence-corrected chi connectivity index (χ0v) is 14.4. The van der Waals surface area contributed by atoms with Crippen LogP contribution in [0.25, 0.3) is 0 Å². The molecule has 0 saturated carbocycles. The first-order valence-corrected chi connectivity index (χ1v) is 8.48. The summed E-state index contributed by atoms with van der Waals surface area (Å²) in [6, 6.07) is 16.7. The third-order valence-corrected chi connectivity index (χ3v) is 3.71. The molecule has 0 aliphatic rings. The average Bonchev–Trinajstić information content (AvgIpc) is 2.61. The molecule has 0 heterocycles. The molecule has 0 unspecified atom stereocenters. The summed E-state index contributed by atoms with van der Waals surface area (Å²) in [7, 11) is 0. The van der Waals surface area contributed by atoms with Crippen LogP contribution in [0.4, 0.5) is 11.4 Å². The van der Waals surface area contributed by atoms with Crippen LogP contribution in [0, 0.1) is 0 Å². The maximum Gasteiger partial charge on any atom is 0.303 e. The molecule has 2 rings (SSSR count). The number of aliphatic carboxylic acids is 1. The second kappa shape index (κ2) is 9.98. The highest BCUT2D eigenvalue weighted by Crippen LogP contribution is 2.16. The van der Waals surface area contributed by atoms with E-state index in [0.717, 1.165) is 5.56 Å².